The summed E-state index contributed by atoms with van der Waals surface area (Å²) in [5, 5.41) is 6.17. The highest BCUT2D eigenvalue weighted by molar-refractivity contribution is 6.05. The average molecular weight is 501 g/mol. The number of pyridine rings is 3. The van der Waals surface area contributed by atoms with Crippen molar-refractivity contribution in [2.24, 2.45) is 0 Å². The maximum atomic E-state index is 13.6. The molecule has 7 rings (SSSR count). The highest BCUT2D eigenvalue weighted by Gasteiger charge is 2.33. The third-order valence-corrected chi connectivity index (χ3v) is 7.39. The molecule has 11 heteroatoms. The Bertz CT molecular complexity index is 1550. The summed E-state index contributed by atoms with van der Waals surface area (Å²) in [5.41, 5.74) is 4.61. The summed E-state index contributed by atoms with van der Waals surface area (Å²) < 4.78 is 21.5. The monoisotopic (exact) mass is 500 g/mol. The van der Waals surface area contributed by atoms with E-state index >= 15 is 0 Å². The molecule has 7 heterocycles. The van der Waals surface area contributed by atoms with Crippen LogP contribution in [0.25, 0.3) is 17.0 Å². The Morgan fingerprint density at radius 2 is 2.14 bits per heavy atom. The zero-order valence-corrected chi connectivity index (χ0v) is 20.2. The van der Waals surface area contributed by atoms with Crippen molar-refractivity contribution >= 4 is 28.7 Å². The van der Waals surface area contributed by atoms with Gasteiger partial charge in [0.1, 0.15) is 29.6 Å². The van der Waals surface area contributed by atoms with E-state index < -0.39 is 0 Å². The summed E-state index contributed by atoms with van der Waals surface area (Å²) in [6, 6.07) is 6.98. The Morgan fingerprint density at radius 1 is 1.22 bits per heavy atom. The lowest BCUT2D eigenvalue weighted by atomic mass is 10.1. The number of hydrogen-bond acceptors (Lipinski definition) is 8. The van der Waals surface area contributed by atoms with E-state index in [0.717, 1.165) is 37.4 Å². The molecule has 1 amide bonds. The van der Waals surface area contributed by atoms with Gasteiger partial charge in [-0.3, -0.25) is 19.1 Å². The van der Waals surface area contributed by atoms with Crippen molar-refractivity contribution in [1.29, 1.82) is 0 Å². The van der Waals surface area contributed by atoms with Crippen LogP contribution in [0.1, 0.15) is 22.8 Å². The first kappa shape index (κ1) is 22.0. The van der Waals surface area contributed by atoms with Crippen LogP contribution >= 0.6 is 0 Å². The van der Waals surface area contributed by atoms with E-state index in [9.17, 15) is 9.18 Å². The second kappa shape index (κ2) is 8.41. The van der Waals surface area contributed by atoms with Crippen molar-refractivity contribution in [3.8, 4) is 17.3 Å². The van der Waals surface area contributed by atoms with Crippen LogP contribution < -0.4 is 20.3 Å². The molecule has 0 aromatic carbocycles. The van der Waals surface area contributed by atoms with Crippen LogP contribution in [0, 0.1) is 5.82 Å². The number of nitrogens with one attached hydrogen (secondary N) is 2. The maximum Gasteiger partial charge on any atom is 0.254 e. The summed E-state index contributed by atoms with van der Waals surface area (Å²) in [4.78, 5) is 31.3. The molecule has 2 N–H and O–H groups in total. The molecule has 3 aliphatic rings. The fourth-order valence-corrected chi connectivity index (χ4v) is 5.49. The van der Waals surface area contributed by atoms with E-state index in [1.165, 1.54) is 12.1 Å². The highest BCUT2D eigenvalue weighted by Crippen LogP contribution is 2.37. The average Bonchev–Trinajstić information content (AvgIpc) is 3.52. The first-order chi connectivity index (χ1) is 18.1. The number of halogens is 1. The Morgan fingerprint density at radius 3 is 3.03 bits per heavy atom. The number of piperazine rings is 1. The molecule has 1 saturated heterocycles. The molecule has 4 aromatic rings. The van der Waals surface area contributed by atoms with Crippen molar-refractivity contribution in [3.63, 3.8) is 0 Å². The number of amides is 1. The number of fused-ring (bicyclic) bond motifs is 5. The second-order valence-corrected chi connectivity index (χ2v) is 9.47. The van der Waals surface area contributed by atoms with Crippen molar-refractivity contribution < 1.29 is 13.9 Å². The number of likely N-dealkylation sites (N-methyl/N-ethyl adjacent to an activating group) is 1. The number of carbonyl (C=O) groups excluding carboxylic acids is 1. The summed E-state index contributed by atoms with van der Waals surface area (Å²) in [7, 11) is 0. The highest BCUT2D eigenvalue weighted by atomic mass is 19.1. The van der Waals surface area contributed by atoms with Gasteiger partial charge < -0.3 is 20.3 Å². The van der Waals surface area contributed by atoms with Crippen molar-refractivity contribution in [2.45, 2.75) is 19.5 Å². The Kier molecular flexibility index (Phi) is 5.00. The van der Waals surface area contributed by atoms with Gasteiger partial charge in [-0.25, -0.2) is 9.37 Å². The Labute approximate surface area is 212 Å². The second-order valence-electron chi connectivity index (χ2n) is 9.47. The summed E-state index contributed by atoms with van der Waals surface area (Å²) >= 11 is 0. The molecular weight excluding hydrogens is 475 g/mol. The molecule has 37 heavy (non-hydrogen) atoms. The molecule has 4 aromatic heterocycles. The van der Waals surface area contributed by atoms with E-state index in [1.54, 1.807) is 23.0 Å². The van der Waals surface area contributed by atoms with Gasteiger partial charge in [0.05, 0.1) is 41.1 Å². The van der Waals surface area contributed by atoms with E-state index in [-0.39, 0.29) is 11.7 Å². The number of carbonyl (C=O) groups is 1. The third kappa shape index (κ3) is 3.57. The van der Waals surface area contributed by atoms with Crippen LogP contribution in [0.4, 0.5) is 21.6 Å². The summed E-state index contributed by atoms with van der Waals surface area (Å²) in [6.07, 6.45) is 4.88. The normalized spacial score (nSPS) is 18.7. The molecule has 1 atom stereocenters. The van der Waals surface area contributed by atoms with Gasteiger partial charge in [0.2, 0.25) is 5.88 Å². The number of rotatable bonds is 4. The number of hydrogen-bond donors (Lipinski definition) is 2. The van der Waals surface area contributed by atoms with Crippen LogP contribution in [-0.4, -0.2) is 69.0 Å². The Hall–Kier alpha value is -4.25. The van der Waals surface area contributed by atoms with Crippen molar-refractivity contribution in [2.75, 3.05) is 43.0 Å². The van der Waals surface area contributed by atoms with Crippen LogP contribution in [0.3, 0.4) is 0 Å². The lowest BCUT2D eigenvalue weighted by molar-refractivity contribution is 0.0966. The molecule has 10 nitrogen and oxygen atoms in total. The molecule has 3 aliphatic heterocycles. The van der Waals surface area contributed by atoms with Gasteiger partial charge in [-0.15, -0.1) is 0 Å². The first-order valence-corrected chi connectivity index (χ1v) is 12.4. The fraction of sp³-hybridized carbons (Fsp3) is 0.308. The number of anilines is 3. The molecule has 0 spiro atoms. The molecule has 0 radical (unpaired) electrons. The lowest BCUT2D eigenvalue weighted by Crippen LogP contribution is -2.57. The topological polar surface area (TPSA) is 99.9 Å². The third-order valence-electron chi connectivity index (χ3n) is 7.39. The molecular formula is C26H25FN8O2. The van der Waals surface area contributed by atoms with Crippen LogP contribution in [0.5, 0.6) is 5.88 Å². The quantitative estimate of drug-likeness (QED) is 0.441. The SMILES string of the molecule is CCN1CCN2c3ccc(Nc4cnc(-c5cnc6cc(F)ccn56)c5c4C(=O)NC5)nc3OC[C@@H]2C1. The van der Waals surface area contributed by atoms with E-state index in [4.69, 9.17) is 9.72 Å². The van der Waals surface area contributed by atoms with Gasteiger partial charge in [-0.2, -0.15) is 4.98 Å². The summed E-state index contributed by atoms with van der Waals surface area (Å²) in [6.45, 7) is 7.11. The maximum absolute atomic E-state index is 13.6. The van der Waals surface area contributed by atoms with Crippen molar-refractivity contribution in [1.82, 2.24) is 29.6 Å². The van der Waals surface area contributed by atoms with Crippen LogP contribution in [0.15, 0.2) is 42.9 Å². The van der Waals surface area contributed by atoms with Gasteiger partial charge in [0.15, 0.2) is 0 Å². The standard InChI is InChI=1S/C26H25FN8O2/c1-2-33-7-8-34-16(13-33)14-37-26-19(34)3-4-21(32-26)31-18-11-29-24(17-10-30-25(36)23(17)18)20-12-28-22-9-15(27)5-6-35(20)22/h3-6,9,11-12,16H,2,7-8,10,13-14H2,1H3,(H,30,36)(H,31,32)/t16-/m0/s1. The molecule has 0 bridgehead atoms. The largest absolute Gasteiger partial charge is 0.474 e. The predicted molar refractivity (Wildman–Crippen MR) is 136 cm³/mol. The van der Waals surface area contributed by atoms with E-state index in [0.29, 0.717) is 59.2 Å². The minimum Gasteiger partial charge on any atom is -0.474 e. The predicted octanol–water partition coefficient (Wildman–Crippen LogP) is 2.82. The van der Waals surface area contributed by atoms with Gasteiger partial charge in [0.25, 0.3) is 5.91 Å². The number of aromatic nitrogens is 4. The van der Waals surface area contributed by atoms with Gasteiger partial charge in [0, 0.05) is 44.0 Å². The van der Waals surface area contributed by atoms with Gasteiger partial charge in [-0.1, -0.05) is 6.92 Å². The van der Waals surface area contributed by atoms with Crippen LogP contribution in [0.2, 0.25) is 0 Å². The molecule has 0 saturated carbocycles. The van der Waals surface area contributed by atoms with Crippen LogP contribution in [-0.2, 0) is 6.54 Å². The first-order valence-electron chi connectivity index (χ1n) is 12.4. The summed E-state index contributed by atoms with van der Waals surface area (Å²) in [5.74, 6) is 0.618. The minimum atomic E-state index is -0.362. The van der Waals surface area contributed by atoms with Crippen molar-refractivity contribution in [3.05, 3.63) is 59.8 Å². The number of ether oxygens (including phenoxy) is 1. The molecule has 0 unspecified atom stereocenters. The van der Waals surface area contributed by atoms with E-state index in [2.05, 4.69) is 37.3 Å². The molecule has 0 aliphatic carbocycles. The lowest BCUT2D eigenvalue weighted by Gasteiger charge is -2.45. The molecule has 188 valence electrons. The zero-order chi connectivity index (χ0) is 25.1. The smallest absolute Gasteiger partial charge is 0.254 e. The number of nitrogens with zero attached hydrogens (tertiary/aromatic N) is 6. The van der Waals surface area contributed by atoms with E-state index in [1.807, 2.05) is 12.1 Å². The minimum absolute atomic E-state index is 0.188. The van der Waals surface area contributed by atoms with Gasteiger partial charge >= 0.3 is 0 Å². The number of imidazole rings is 1. The Balaban J connectivity index is 1.21. The zero-order valence-electron chi connectivity index (χ0n) is 20.2. The molecule has 1 fully saturated rings. The fourth-order valence-electron chi connectivity index (χ4n) is 5.49. The van der Waals surface area contributed by atoms with Gasteiger partial charge in [-0.05, 0) is 24.7 Å².